The van der Waals surface area contributed by atoms with E-state index in [1.54, 1.807) is 0 Å². The third-order valence-electron chi connectivity index (χ3n) is 0. The van der Waals surface area contributed by atoms with E-state index in [1.165, 1.54) is 0 Å². The monoisotopic (exact) mass is 182 g/mol. The van der Waals surface area contributed by atoms with Gasteiger partial charge in [-0.1, -0.05) is 0 Å². The van der Waals surface area contributed by atoms with Crippen LogP contribution in [0.5, 0.6) is 0 Å². The van der Waals surface area contributed by atoms with Crippen molar-refractivity contribution in [2.24, 2.45) is 0 Å². The molecule has 0 atom stereocenters. The smallest absolute Gasteiger partial charge is 1.00 e. The Kier molecular flexibility index (Phi) is 2520. The molecule has 0 aromatic carbocycles. The maximum atomic E-state index is 0. The summed E-state index contributed by atoms with van der Waals surface area (Å²) < 4.78 is 0. The van der Waals surface area contributed by atoms with Crippen molar-refractivity contribution in [2.45, 2.75) is 0 Å². The standard InChI is InChI=1S/2ClH.2FH.Ge/h4*1H;/q;;;;+4/p-4. The van der Waals surface area contributed by atoms with E-state index in [4.69, 9.17) is 0 Å². The van der Waals surface area contributed by atoms with Crippen LogP contribution >= 0.6 is 0 Å². The van der Waals surface area contributed by atoms with Gasteiger partial charge < -0.3 is 34.2 Å². The van der Waals surface area contributed by atoms with Crippen molar-refractivity contribution in [2.75, 3.05) is 0 Å². The summed E-state index contributed by atoms with van der Waals surface area (Å²) in [6, 6.07) is 0. The average Bonchev–Trinajstić information content (AvgIpc) is 0. The van der Waals surface area contributed by atoms with Crippen molar-refractivity contribution < 1.29 is 34.2 Å². The largest absolute Gasteiger partial charge is 4.00 e. The van der Waals surface area contributed by atoms with Crippen molar-refractivity contribution in [3.05, 3.63) is 0 Å². The van der Waals surface area contributed by atoms with Crippen LogP contribution in [0, 0.1) is 0 Å². The third-order valence-corrected chi connectivity index (χ3v) is 0. The number of halogens is 4. The maximum Gasteiger partial charge on any atom is 4.00 e. The summed E-state index contributed by atoms with van der Waals surface area (Å²) in [5, 5.41) is 0. The molecule has 0 rings (SSSR count). The zero-order valence-electron chi connectivity index (χ0n) is 2.01. The van der Waals surface area contributed by atoms with Crippen molar-refractivity contribution >= 4 is 17.6 Å². The van der Waals surface area contributed by atoms with Crippen LogP contribution in [-0.4, -0.2) is 17.6 Å². The summed E-state index contributed by atoms with van der Waals surface area (Å²) in [4.78, 5) is 0. The van der Waals surface area contributed by atoms with E-state index in [-0.39, 0.29) is 51.8 Å². The summed E-state index contributed by atoms with van der Waals surface area (Å²) in [6.07, 6.45) is 0. The van der Waals surface area contributed by atoms with Gasteiger partial charge in [0, 0.05) is 0 Å². The summed E-state index contributed by atoms with van der Waals surface area (Å²) in [5.41, 5.74) is 0. The van der Waals surface area contributed by atoms with E-state index >= 15 is 0 Å². The van der Waals surface area contributed by atoms with E-state index in [2.05, 4.69) is 0 Å². The van der Waals surface area contributed by atoms with Crippen LogP contribution in [-0.2, 0) is 0 Å². The Hall–Kier alpha value is 0.983. The van der Waals surface area contributed by atoms with Gasteiger partial charge in [-0.2, -0.15) is 0 Å². The van der Waals surface area contributed by atoms with Crippen LogP contribution in [0.3, 0.4) is 0 Å². The molecule has 0 aliphatic heterocycles. The molecular formula is Cl2F2Ge. The molecule has 0 spiro atoms. The van der Waals surface area contributed by atoms with Gasteiger partial charge in [-0.3, -0.25) is 0 Å². The molecule has 0 heterocycles. The molecule has 0 aromatic heterocycles. The number of rotatable bonds is 0. The van der Waals surface area contributed by atoms with Gasteiger partial charge in [0.2, 0.25) is 0 Å². The Labute approximate surface area is 52.2 Å². The molecule has 0 bridgehead atoms. The predicted molar refractivity (Wildman–Crippen MR) is 5.75 cm³/mol. The first-order chi connectivity index (χ1) is 0. The van der Waals surface area contributed by atoms with Crippen molar-refractivity contribution in [1.82, 2.24) is 0 Å². The van der Waals surface area contributed by atoms with Crippen molar-refractivity contribution in [3.63, 3.8) is 0 Å². The molecule has 0 nitrogen and oxygen atoms in total. The van der Waals surface area contributed by atoms with Crippen LogP contribution in [0.25, 0.3) is 0 Å². The molecule has 0 saturated carbocycles. The first kappa shape index (κ1) is 154. The molecular weight excluding hydrogens is 182 g/mol. The fraction of sp³-hybridized carbons (Fsp3) is 0. The molecule has 0 amide bonds. The minimum Gasteiger partial charge on any atom is -1.00 e. The van der Waals surface area contributed by atoms with E-state index in [9.17, 15) is 0 Å². The van der Waals surface area contributed by atoms with Gasteiger partial charge in [-0.05, 0) is 0 Å². The van der Waals surface area contributed by atoms with Gasteiger partial charge >= 0.3 is 17.6 Å². The van der Waals surface area contributed by atoms with Gasteiger partial charge in [-0.25, -0.2) is 0 Å². The van der Waals surface area contributed by atoms with Crippen LogP contribution in [0.1, 0.15) is 0 Å². The van der Waals surface area contributed by atoms with Gasteiger partial charge in [0.1, 0.15) is 0 Å². The Morgan fingerprint density at radius 2 is 0.600 bits per heavy atom. The molecule has 5 heteroatoms. The zero-order valence-corrected chi connectivity index (χ0v) is 5.62. The van der Waals surface area contributed by atoms with Gasteiger partial charge in [-0.15, -0.1) is 0 Å². The predicted octanol–water partition coefficient (Wildman–Crippen LogP) is -12.4. The Morgan fingerprint density at radius 3 is 0.600 bits per heavy atom. The minimum absolute atomic E-state index is 0. The zero-order chi connectivity index (χ0) is 0. The van der Waals surface area contributed by atoms with Gasteiger partial charge in [0.25, 0.3) is 0 Å². The summed E-state index contributed by atoms with van der Waals surface area (Å²) in [5.74, 6) is 0. The van der Waals surface area contributed by atoms with Crippen molar-refractivity contribution in [3.8, 4) is 0 Å². The normalized spacial score (nSPS) is 0. The van der Waals surface area contributed by atoms with E-state index < -0.39 is 0 Å². The first-order valence-corrected chi connectivity index (χ1v) is 0. The Morgan fingerprint density at radius 1 is 0.600 bits per heavy atom. The fourth-order valence-corrected chi connectivity index (χ4v) is 0. The summed E-state index contributed by atoms with van der Waals surface area (Å²) >= 11 is 0. The minimum atomic E-state index is 0. The second-order valence-electron chi connectivity index (χ2n) is 0. The topological polar surface area (TPSA) is 0 Å². The molecule has 0 aliphatic rings. The van der Waals surface area contributed by atoms with Crippen LogP contribution in [0.15, 0.2) is 0 Å². The van der Waals surface area contributed by atoms with Gasteiger partial charge in [0.15, 0.2) is 0 Å². The molecule has 0 unspecified atom stereocenters. The van der Waals surface area contributed by atoms with E-state index in [0.29, 0.717) is 0 Å². The molecule has 5 heavy (non-hydrogen) atoms. The molecule has 0 saturated heterocycles. The first-order valence-electron chi connectivity index (χ1n) is 0. The number of hydrogen-bond donors (Lipinski definition) is 0. The SMILES string of the molecule is [Cl-].[Cl-].[F-].[F-].[Ge+4]. The Bertz CT molecular complexity index is 7.61. The second-order valence-corrected chi connectivity index (χ2v) is 0. The summed E-state index contributed by atoms with van der Waals surface area (Å²) in [6.45, 7) is 0. The molecule has 0 aromatic rings. The number of hydrogen-bond acceptors (Lipinski definition) is 0. The van der Waals surface area contributed by atoms with E-state index in [1.807, 2.05) is 0 Å². The summed E-state index contributed by atoms with van der Waals surface area (Å²) in [7, 11) is 0. The van der Waals surface area contributed by atoms with Crippen molar-refractivity contribution in [1.29, 1.82) is 0 Å². The quantitative estimate of drug-likeness (QED) is 0.326. The molecule has 0 radical (unpaired) electrons. The third kappa shape index (κ3) is 45.9. The Balaban J connectivity index is 0. The molecule has 0 N–H and O–H groups in total. The molecule has 0 fully saturated rings. The van der Waals surface area contributed by atoms with Crippen LogP contribution in [0.2, 0.25) is 0 Å². The van der Waals surface area contributed by atoms with E-state index in [0.717, 1.165) is 0 Å². The van der Waals surface area contributed by atoms with Gasteiger partial charge in [0.05, 0.1) is 0 Å². The maximum absolute atomic E-state index is 0. The van der Waals surface area contributed by atoms with Crippen LogP contribution < -0.4 is 34.2 Å². The molecule has 0 aliphatic carbocycles. The van der Waals surface area contributed by atoms with Crippen LogP contribution in [0.4, 0.5) is 0 Å². The average molecular weight is 182 g/mol. The molecule has 32 valence electrons. The second kappa shape index (κ2) is 81.8. The fourth-order valence-electron chi connectivity index (χ4n) is 0.